The van der Waals surface area contributed by atoms with Crippen LogP contribution < -0.4 is 5.32 Å². The molecule has 2 aromatic carbocycles. The molecule has 0 saturated carbocycles. The van der Waals surface area contributed by atoms with Gasteiger partial charge in [-0.25, -0.2) is 4.79 Å². The van der Waals surface area contributed by atoms with E-state index in [1.165, 1.54) is 4.90 Å². The van der Waals surface area contributed by atoms with Crippen molar-refractivity contribution in [2.45, 2.75) is 38.8 Å². The van der Waals surface area contributed by atoms with Crippen molar-refractivity contribution in [3.8, 4) is 0 Å². The molecule has 156 valence electrons. The van der Waals surface area contributed by atoms with E-state index in [4.69, 9.17) is 11.6 Å². The number of amides is 4. The van der Waals surface area contributed by atoms with E-state index in [9.17, 15) is 14.4 Å². The lowest BCUT2D eigenvalue weighted by Gasteiger charge is -2.38. The second kappa shape index (κ2) is 7.76. The minimum atomic E-state index is -1.07. The fraction of sp³-hybridized carbons (Fsp3) is 0.348. The predicted octanol–water partition coefficient (Wildman–Crippen LogP) is 3.68. The number of imide groups is 1. The van der Waals surface area contributed by atoms with Gasteiger partial charge in [0.1, 0.15) is 5.54 Å². The quantitative estimate of drug-likeness (QED) is 0.762. The lowest BCUT2D eigenvalue weighted by molar-refractivity contribution is -0.133. The summed E-state index contributed by atoms with van der Waals surface area (Å²) in [5, 5.41) is 3.43. The van der Waals surface area contributed by atoms with Crippen LogP contribution in [0, 0.1) is 13.8 Å². The van der Waals surface area contributed by atoms with Crippen LogP contribution in [0.2, 0.25) is 5.02 Å². The molecular formula is C23H24ClN3O3. The number of hydrogen-bond donors (Lipinski definition) is 1. The molecular weight excluding hydrogens is 402 g/mol. The standard InChI is InChI=1S/C23H24ClN3O3/c1-15-9-16(2)11-18(10-15)20(28)26-8-4-7-23(14-26)21(29)27(22(30)25-23)13-17-5-3-6-19(24)12-17/h3,5-6,9-12H,4,7-8,13-14H2,1-2H3,(H,25,30)/t23-/m1/s1. The molecule has 2 aliphatic rings. The van der Waals surface area contributed by atoms with Crippen LogP contribution in [0.5, 0.6) is 0 Å². The molecule has 7 heteroatoms. The van der Waals surface area contributed by atoms with E-state index in [1.54, 1.807) is 23.1 Å². The molecule has 30 heavy (non-hydrogen) atoms. The normalized spacial score (nSPS) is 21.3. The third-order valence-corrected chi connectivity index (χ3v) is 5.96. The maximum Gasteiger partial charge on any atom is 0.325 e. The highest BCUT2D eigenvalue weighted by Gasteiger charge is 2.53. The van der Waals surface area contributed by atoms with Crippen LogP contribution in [0.3, 0.4) is 0 Å². The first-order valence-electron chi connectivity index (χ1n) is 10.0. The predicted molar refractivity (Wildman–Crippen MR) is 114 cm³/mol. The van der Waals surface area contributed by atoms with Crippen LogP contribution in [0.15, 0.2) is 42.5 Å². The first kappa shape index (κ1) is 20.4. The fourth-order valence-electron chi connectivity index (χ4n) is 4.42. The van der Waals surface area contributed by atoms with Crippen molar-refractivity contribution < 1.29 is 14.4 Å². The van der Waals surface area contributed by atoms with Gasteiger partial charge in [0.15, 0.2) is 0 Å². The van der Waals surface area contributed by atoms with Crippen LogP contribution in [-0.4, -0.2) is 46.3 Å². The van der Waals surface area contributed by atoms with Gasteiger partial charge in [0.2, 0.25) is 0 Å². The van der Waals surface area contributed by atoms with Crippen LogP contribution in [0.1, 0.15) is 39.9 Å². The first-order chi connectivity index (χ1) is 14.3. The molecule has 1 spiro atoms. The van der Waals surface area contributed by atoms with Gasteiger partial charge in [-0.05, 0) is 56.5 Å². The number of hydrogen-bond acceptors (Lipinski definition) is 3. The van der Waals surface area contributed by atoms with Gasteiger partial charge in [-0.15, -0.1) is 0 Å². The minimum Gasteiger partial charge on any atom is -0.336 e. The van der Waals surface area contributed by atoms with Gasteiger partial charge in [0.25, 0.3) is 11.8 Å². The van der Waals surface area contributed by atoms with E-state index >= 15 is 0 Å². The molecule has 0 unspecified atom stereocenters. The number of halogens is 1. The number of benzene rings is 2. The zero-order valence-electron chi connectivity index (χ0n) is 17.1. The van der Waals surface area contributed by atoms with E-state index in [-0.39, 0.29) is 24.9 Å². The van der Waals surface area contributed by atoms with Crippen molar-refractivity contribution in [3.05, 3.63) is 69.7 Å². The summed E-state index contributed by atoms with van der Waals surface area (Å²) in [4.78, 5) is 41.9. The Labute approximate surface area is 180 Å². The highest BCUT2D eigenvalue weighted by molar-refractivity contribution is 6.30. The Morgan fingerprint density at radius 1 is 1.13 bits per heavy atom. The fourth-order valence-corrected chi connectivity index (χ4v) is 4.64. The van der Waals surface area contributed by atoms with E-state index in [0.717, 1.165) is 16.7 Å². The van der Waals surface area contributed by atoms with Gasteiger partial charge < -0.3 is 10.2 Å². The number of carbonyl (C=O) groups excluding carboxylic acids is 3. The molecule has 6 nitrogen and oxygen atoms in total. The number of rotatable bonds is 3. The topological polar surface area (TPSA) is 69.7 Å². The summed E-state index contributed by atoms with van der Waals surface area (Å²) < 4.78 is 0. The van der Waals surface area contributed by atoms with Crippen molar-refractivity contribution in [1.29, 1.82) is 0 Å². The summed E-state index contributed by atoms with van der Waals surface area (Å²) in [5.74, 6) is -0.401. The second-order valence-corrected chi connectivity index (χ2v) is 8.68. The number of carbonyl (C=O) groups is 3. The molecule has 0 aliphatic carbocycles. The number of piperidine rings is 1. The average molecular weight is 426 g/mol. The largest absolute Gasteiger partial charge is 0.336 e. The van der Waals surface area contributed by atoms with Crippen molar-refractivity contribution in [2.24, 2.45) is 0 Å². The molecule has 2 heterocycles. The maximum absolute atomic E-state index is 13.3. The SMILES string of the molecule is Cc1cc(C)cc(C(=O)N2CCC[C@]3(C2)NC(=O)N(Cc2cccc(Cl)c2)C3=O)c1. The second-order valence-electron chi connectivity index (χ2n) is 8.24. The summed E-state index contributed by atoms with van der Waals surface area (Å²) >= 11 is 6.03. The van der Waals surface area contributed by atoms with Crippen molar-refractivity contribution >= 4 is 29.4 Å². The molecule has 2 saturated heterocycles. The summed E-state index contributed by atoms with van der Waals surface area (Å²) in [7, 11) is 0. The van der Waals surface area contributed by atoms with Gasteiger partial charge in [-0.1, -0.05) is 40.9 Å². The zero-order valence-corrected chi connectivity index (χ0v) is 17.8. The molecule has 2 aliphatic heterocycles. The summed E-state index contributed by atoms with van der Waals surface area (Å²) in [6, 6.07) is 12.4. The van der Waals surface area contributed by atoms with E-state index < -0.39 is 11.6 Å². The third-order valence-electron chi connectivity index (χ3n) is 5.72. The smallest absolute Gasteiger partial charge is 0.325 e. The number of urea groups is 1. The number of nitrogens with one attached hydrogen (secondary N) is 1. The first-order valence-corrected chi connectivity index (χ1v) is 10.4. The lowest BCUT2D eigenvalue weighted by atomic mass is 9.88. The zero-order chi connectivity index (χ0) is 21.5. The number of nitrogens with zero attached hydrogens (tertiary/aromatic N) is 2. The molecule has 2 aromatic rings. The Balaban J connectivity index is 1.54. The Bertz CT molecular complexity index is 1020. The van der Waals surface area contributed by atoms with E-state index in [2.05, 4.69) is 5.32 Å². The highest BCUT2D eigenvalue weighted by Crippen LogP contribution is 2.30. The van der Waals surface area contributed by atoms with Gasteiger partial charge in [0, 0.05) is 17.1 Å². The van der Waals surface area contributed by atoms with Gasteiger partial charge in [-0.2, -0.15) is 0 Å². The Kier molecular flexibility index (Phi) is 5.28. The molecule has 1 atom stereocenters. The highest BCUT2D eigenvalue weighted by atomic mass is 35.5. The molecule has 4 amide bonds. The Morgan fingerprint density at radius 2 is 1.87 bits per heavy atom. The van der Waals surface area contributed by atoms with Crippen molar-refractivity contribution in [2.75, 3.05) is 13.1 Å². The lowest BCUT2D eigenvalue weighted by Crippen LogP contribution is -2.59. The molecule has 4 rings (SSSR count). The molecule has 0 bridgehead atoms. The van der Waals surface area contributed by atoms with Gasteiger partial charge in [-0.3, -0.25) is 14.5 Å². The monoisotopic (exact) mass is 425 g/mol. The van der Waals surface area contributed by atoms with Crippen LogP contribution in [-0.2, 0) is 11.3 Å². The average Bonchev–Trinajstić information content (AvgIpc) is 2.90. The molecule has 0 aromatic heterocycles. The number of aryl methyl sites for hydroxylation is 2. The van der Waals surface area contributed by atoms with Crippen LogP contribution >= 0.6 is 11.6 Å². The molecule has 0 radical (unpaired) electrons. The number of likely N-dealkylation sites (tertiary alicyclic amines) is 1. The van der Waals surface area contributed by atoms with Crippen molar-refractivity contribution in [3.63, 3.8) is 0 Å². The third kappa shape index (κ3) is 3.79. The molecule has 2 fully saturated rings. The van der Waals surface area contributed by atoms with Crippen LogP contribution in [0.25, 0.3) is 0 Å². The summed E-state index contributed by atoms with van der Waals surface area (Å²) in [6.45, 7) is 4.80. The van der Waals surface area contributed by atoms with E-state index in [1.807, 2.05) is 38.1 Å². The van der Waals surface area contributed by atoms with Crippen molar-refractivity contribution in [1.82, 2.24) is 15.1 Å². The summed E-state index contributed by atoms with van der Waals surface area (Å²) in [5.41, 5.74) is 2.35. The summed E-state index contributed by atoms with van der Waals surface area (Å²) in [6.07, 6.45) is 1.16. The van der Waals surface area contributed by atoms with E-state index in [0.29, 0.717) is 30.0 Å². The Morgan fingerprint density at radius 3 is 2.57 bits per heavy atom. The minimum absolute atomic E-state index is 0.115. The maximum atomic E-state index is 13.3. The van der Waals surface area contributed by atoms with Gasteiger partial charge >= 0.3 is 6.03 Å². The van der Waals surface area contributed by atoms with Crippen LogP contribution in [0.4, 0.5) is 4.79 Å². The molecule has 1 N–H and O–H groups in total. The Hall–Kier alpha value is -2.86. The van der Waals surface area contributed by atoms with Gasteiger partial charge in [0.05, 0.1) is 13.1 Å².